The lowest BCUT2D eigenvalue weighted by Crippen LogP contribution is -1.91. The van der Waals surface area contributed by atoms with E-state index in [-0.39, 0.29) is 10.8 Å². The van der Waals surface area contributed by atoms with Crippen molar-refractivity contribution in [1.29, 1.82) is 0 Å². The van der Waals surface area contributed by atoms with E-state index in [2.05, 4.69) is 4.98 Å². The molecule has 0 fully saturated rings. The molecule has 2 N–H and O–H groups in total. The van der Waals surface area contributed by atoms with E-state index in [0.29, 0.717) is 22.8 Å². The van der Waals surface area contributed by atoms with Gasteiger partial charge in [0.05, 0.1) is 19.1 Å². The van der Waals surface area contributed by atoms with Crippen molar-refractivity contribution in [1.82, 2.24) is 4.98 Å². The maximum atomic E-state index is 11.3. The number of thiazole rings is 1. The van der Waals surface area contributed by atoms with Crippen LogP contribution in [0.25, 0.3) is 11.1 Å². The smallest absolute Gasteiger partial charge is 0.307 e. The summed E-state index contributed by atoms with van der Waals surface area (Å²) in [5.74, 6) is 2.77. The second-order valence-electron chi connectivity index (χ2n) is 6.80. The third-order valence-corrected chi connectivity index (χ3v) is 5.65. The maximum Gasteiger partial charge on any atom is 0.307 e. The first kappa shape index (κ1) is 20.6. The summed E-state index contributed by atoms with van der Waals surface area (Å²) in [6.45, 7) is 0. The molecule has 7 heteroatoms. The fourth-order valence-electron chi connectivity index (χ4n) is 3.23. The number of hydrogen-bond acceptors (Lipinski definition) is 6. The number of ether oxygens (including phenoxy) is 3. The van der Waals surface area contributed by atoms with E-state index in [1.54, 1.807) is 14.2 Å². The number of H-pyrrole nitrogens is 1. The zero-order chi connectivity index (χ0) is 21.8. The van der Waals surface area contributed by atoms with E-state index in [4.69, 9.17) is 14.2 Å². The van der Waals surface area contributed by atoms with Gasteiger partial charge >= 0.3 is 4.87 Å². The van der Waals surface area contributed by atoms with Gasteiger partial charge < -0.3 is 19.3 Å². The van der Waals surface area contributed by atoms with Crippen molar-refractivity contribution in [2.75, 3.05) is 14.2 Å². The molecule has 0 radical (unpaired) electrons. The number of aromatic amines is 1. The number of nitrogens with one attached hydrogen (secondary N) is 1. The standard InChI is InChI=1S/C24H21NO5S/c1-28-18-10-11-20(21(14-18)29-2)16-4-3-5-19(13-16)30-17-8-6-15(7-9-17)12-22-23(26)25-24(27)31-22/h3-11,13-14,26H,12H2,1-2H3,(H,25,27). The summed E-state index contributed by atoms with van der Waals surface area (Å²) in [5, 5.41) is 9.74. The fourth-order valence-corrected chi connectivity index (χ4v) is 3.99. The largest absolute Gasteiger partial charge is 0.497 e. The molecule has 31 heavy (non-hydrogen) atoms. The van der Waals surface area contributed by atoms with Crippen LogP contribution in [0.5, 0.6) is 28.9 Å². The SMILES string of the molecule is COc1ccc(-c2cccc(Oc3ccc(Cc4sc(=O)[nH]c4O)cc3)c2)c(OC)c1. The zero-order valence-electron chi connectivity index (χ0n) is 17.0. The highest BCUT2D eigenvalue weighted by Gasteiger charge is 2.10. The van der Waals surface area contributed by atoms with Gasteiger partial charge in [0.2, 0.25) is 5.88 Å². The molecule has 0 spiro atoms. The van der Waals surface area contributed by atoms with E-state index in [9.17, 15) is 9.90 Å². The lowest BCUT2D eigenvalue weighted by atomic mass is 10.0. The highest BCUT2D eigenvalue weighted by Crippen LogP contribution is 2.35. The Bertz CT molecular complexity index is 1240. The molecule has 0 aliphatic carbocycles. The van der Waals surface area contributed by atoms with Crippen LogP contribution in [-0.4, -0.2) is 24.3 Å². The zero-order valence-corrected chi connectivity index (χ0v) is 17.9. The molecule has 4 aromatic rings. The van der Waals surface area contributed by atoms with Crippen molar-refractivity contribution in [3.8, 4) is 40.0 Å². The summed E-state index contributed by atoms with van der Waals surface area (Å²) < 4.78 is 16.8. The topological polar surface area (TPSA) is 80.8 Å². The second kappa shape index (κ2) is 8.97. The normalized spacial score (nSPS) is 10.6. The van der Waals surface area contributed by atoms with Crippen molar-refractivity contribution < 1.29 is 19.3 Å². The molecule has 0 aliphatic heterocycles. The first-order valence-electron chi connectivity index (χ1n) is 9.56. The number of methoxy groups -OCH3 is 2. The average Bonchev–Trinajstić information content (AvgIpc) is 3.11. The van der Waals surface area contributed by atoms with Crippen LogP contribution in [0.4, 0.5) is 0 Å². The number of aromatic nitrogens is 1. The van der Waals surface area contributed by atoms with Crippen molar-refractivity contribution in [3.63, 3.8) is 0 Å². The van der Waals surface area contributed by atoms with Gasteiger partial charge in [0.25, 0.3) is 0 Å². The Hall–Kier alpha value is -3.71. The molecule has 0 atom stereocenters. The molecular weight excluding hydrogens is 414 g/mol. The summed E-state index contributed by atoms with van der Waals surface area (Å²) in [6, 6.07) is 21.0. The molecule has 1 aromatic heterocycles. The minimum atomic E-state index is -0.263. The Balaban J connectivity index is 1.51. The molecule has 0 amide bonds. The third-order valence-electron chi connectivity index (χ3n) is 4.78. The van der Waals surface area contributed by atoms with Gasteiger partial charge in [0.15, 0.2) is 0 Å². The number of aromatic hydroxyl groups is 1. The Morgan fingerprint density at radius 3 is 2.35 bits per heavy atom. The van der Waals surface area contributed by atoms with Crippen LogP contribution < -0.4 is 19.1 Å². The summed E-state index contributed by atoms with van der Waals surface area (Å²) in [4.78, 5) is 14.1. The van der Waals surface area contributed by atoms with Gasteiger partial charge in [-0.05, 0) is 47.5 Å². The van der Waals surface area contributed by atoms with Crippen LogP contribution >= 0.6 is 11.3 Å². The Kier molecular flexibility index (Phi) is 5.95. The van der Waals surface area contributed by atoms with Crippen LogP contribution in [0.2, 0.25) is 0 Å². The number of benzene rings is 3. The quantitative estimate of drug-likeness (QED) is 0.417. The van der Waals surface area contributed by atoms with E-state index in [1.165, 1.54) is 0 Å². The van der Waals surface area contributed by atoms with E-state index >= 15 is 0 Å². The first-order chi connectivity index (χ1) is 15.1. The highest BCUT2D eigenvalue weighted by atomic mass is 32.1. The van der Waals surface area contributed by atoms with E-state index in [0.717, 1.165) is 39.5 Å². The van der Waals surface area contributed by atoms with Crippen LogP contribution in [0.15, 0.2) is 71.5 Å². The summed E-state index contributed by atoms with van der Waals surface area (Å²) >= 11 is 1.01. The maximum absolute atomic E-state index is 11.3. The Morgan fingerprint density at radius 2 is 1.68 bits per heavy atom. The third kappa shape index (κ3) is 4.73. The molecule has 0 bridgehead atoms. The lowest BCUT2D eigenvalue weighted by Gasteiger charge is -2.12. The van der Waals surface area contributed by atoms with Gasteiger partial charge in [0, 0.05) is 18.1 Å². The van der Waals surface area contributed by atoms with Crippen molar-refractivity contribution >= 4 is 11.3 Å². The van der Waals surface area contributed by atoms with E-state index < -0.39 is 0 Å². The van der Waals surface area contributed by atoms with Crippen molar-refractivity contribution in [3.05, 3.63) is 86.8 Å². The molecule has 0 saturated carbocycles. The molecule has 0 saturated heterocycles. The summed E-state index contributed by atoms with van der Waals surface area (Å²) in [5.41, 5.74) is 2.87. The highest BCUT2D eigenvalue weighted by molar-refractivity contribution is 7.09. The molecule has 158 valence electrons. The molecule has 0 unspecified atom stereocenters. The predicted octanol–water partition coefficient (Wildman–Crippen LogP) is 5.21. The van der Waals surface area contributed by atoms with Crippen LogP contribution in [0, 0.1) is 0 Å². The Labute approximate surface area is 183 Å². The summed E-state index contributed by atoms with van der Waals surface area (Å²) in [6.07, 6.45) is 0.474. The Morgan fingerprint density at radius 1 is 0.903 bits per heavy atom. The van der Waals surface area contributed by atoms with Gasteiger partial charge in [-0.1, -0.05) is 35.6 Å². The van der Waals surface area contributed by atoms with E-state index in [1.807, 2.05) is 66.7 Å². The molecular formula is C24H21NO5S. The van der Waals surface area contributed by atoms with Gasteiger partial charge in [-0.15, -0.1) is 0 Å². The van der Waals surface area contributed by atoms with Crippen LogP contribution in [-0.2, 0) is 6.42 Å². The fraction of sp³-hybridized carbons (Fsp3) is 0.125. The van der Waals surface area contributed by atoms with Crippen LogP contribution in [0.1, 0.15) is 10.4 Å². The van der Waals surface area contributed by atoms with Crippen molar-refractivity contribution in [2.45, 2.75) is 6.42 Å². The minimum Gasteiger partial charge on any atom is -0.497 e. The van der Waals surface area contributed by atoms with Crippen molar-refractivity contribution in [2.24, 2.45) is 0 Å². The van der Waals surface area contributed by atoms with Gasteiger partial charge in [-0.25, -0.2) is 0 Å². The number of rotatable bonds is 7. The number of hydrogen-bond donors (Lipinski definition) is 2. The molecule has 4 rings (SSSR count). The van der Waals surface area contributed by atoms with Gasteiger partial charge in [-0.3, -0.25) is 9.78 Å². The monoisotopic (exact) mass is 435 g/mol. The average molecular weight is 436 g/mol. The van der Waals surface area contributed by atoms with Crippen LogP contribution in [0.3, 0.4) is 0 Å². The first-order valence-corrected chi connectivity index (χ1v) is 10.4. The summed E-state index contributed by atoms with van der Waals surface area (Å²) in [7, 11) is 3.25. The van der Waals surface area contributed by atoms with Gasteiger partial charge in [0.1, 0.15) is 23.0 Å². The molecule has 3 aromatic carbocycles. The lowest BCUT2D eigenvalue weighted by molar-refractivity contribution is 0.395. The second-order valence-corrected chi connectivity index (χ2v) is 7.87. The predicted molar refractivity (Wildman–Crippen MR) is 121 cm³/mol. The molecule has 6 nitrogen and oxygen atoms in total. The minimum absolute atomic E-state index is 0.0684. The molecule has 0 aliphatic rings. The molecule has 1 heterocycles. The van der Waals surface area contributed by atoms with Gasteiger partial charge in [-0.2, -0.15) is 0 Å².